The zero-order valence-electron chi connectivity index (χ0n) is 18.4. The molecule has 2 fully saturated rings. The van der Waals surface area contributed by atoms with Crippen LogP contribution >= 0.6 is 0 Å². The summed E-state index contributed by atoms with van der Waals surface area (Å²) in [6.07, 6.45) is -4.85. The molecule has 0 amide bonds. The van der Waals surface area contributed by atoms with E-state index in [1.165, 1.54) is 30.8 Å². The van der Waals surface area contributed by atoms with Crippen molar-refractivity contribution in [2.45, 2.75) is 63.2 Å². The molecule has 0 aromatic carbocycles. The highest BCUT2D eigenvalue weighted by molar-refractivity contribution is 5.04. The third kappa shape index (κ3) is 4.43. The first-order valence-corrected chi connectivity index (χ1v) is 10.6. The summed E-state index contributed by atoms with van der Waals surface area (Å²) in [4.78, 5) is 52.1. The van der Waals surface area contributed by atoms with Gasteiger partial charge in [0.15, 0.2) is 6.23 Å². The van der Waals surface area contributed by atoms with E-state index in [1.807, 2.05) is 0 Å². The Bertz CT molecular complexity index is 1280. The summed E-state index contributed by atoms with van der Waals surface area (Å²) in [6.45, 7) is 2.22. The standard InChI is InChI=1S/C20H26N4O10/c1-8-4-23(19(30)21-16(8)28)13-3-10(26)12(33-13)7-32-15-14(27)11(6-25)34-18(15)24-5-9(2)17(29)22-20(24)31/h4-5,10-15,18,25-27H,3,6-7H2,1-2H3,(H,21,28,30)(H,22,29,31). The smallest absolute Gasteiger partial charge is 0.330 e. The van der Waals surface area contributed by atoms with E-state index in [2.05, 4.69) is 9.97 Å². The molecule has 14 heteroatoms. The third-order valence-electron chi connectivity index (χ3n) is 6.03. The van der Waals surface area contributed by atoms with Gasteiger partial charge in [0.25, 0.3) is 11.1 Å². The van der Waals surface area contributed by atoms with Gasteiger partial charge in [-0.05, 0) is 13.8 Å². The maximum absolute atomic E-state index is 12.3. The van der Waals surface area contributed by atoms with Crippen LogP contribution in [0.5, 0.6) is 0 Å². The molecule has 4 heterocycles. The number of aliphatic hydroxyl groups is 3. The van der Waals surface area contributed by atoms with E-state index in [4.69, 9.17) is 14.2 Å². The molecule has 7 atom stereocenters. The van der Waals surface area contributed by atoms with E-state index in [-0.39, 0.29) is 18.6 Å². The summed E-state index contributed by atoms with van der Waals surface area (Å²) in [5, 5.41) is 30.6. The van der Waals surface area contributed by atoms with Crippen LogP contribution in [-0.4, -0.2) is 78.2 Å². The van der Waals surface area contributed by atoms with Crippen LogP contribution in [0.2, 0.25) is 0 Å². The van der Waals surface area contributed by atoms with E-state index in [1.54, 1.807) is 0 Å². The fraction of sp³-hybridized carbons (Fsp3) is 0.600. The molecule has 0 spiro atoms. The van der Waals surface area contributed by atoms with Gasteiger partial charge >= 0.3 is 11.4 Å². The Morgan fingerprint density at radius 3 is 2.18 bits per heavy atom. The van der Waals surface area contributed by atoms with E-state index >= 15 is 0 Å². The second-order valence-corrected chi connectivity index (χ2v) is 8.43. The lowest BCUT2D eigenvalue weighted by Crippen LogP contribution is -2.41. The Morgan fingerprint density at radius 1 is 0.971 bits per heavy atom. The number of hydrogen-bond acceptors (Lipinski definition) is 10. The first-order chi connectivity index (χ1) is 16.1. The Morgan fingerprint density at radius 2 is 1.56 bits per heavy atom. The van der Waals surface area contributed by atoms with Gasteiger partial charge in [0.05, 0.1) is 19.3 Å². The lowest BCUT2D eigenvalue weighted by molar-refractivity contribution is -0.118. The number of aromatic amines is 2. The summed E-state index contributed by atoms with van der Waals surface area (Å²) >= 11 is 0. The van der Waals surface area contributed by atoms with Gasteiger partial charge < -0.3 is 29.5 Å². The van der Waals surface area contributed by atoms with Crippen molar-refractivity contribution in [2.75, 3.05) is 13.2 Å². The van der Waals surface area contributed by atoms with Crippen LogP contribution in [0.4, 0.5) is 0 Å². The van der Waals surface area contributed by atoms with Crippen LogP contribution in [0.25, 0.3) is 0 Å². The number of nitrogens with zero attached hydrogens (tertiary/aromatic N) is 2. The predicted octanol–water partition coefficient (Wildman–Crippen LogP) is -3.01. The van der Waals surface area contributed by atoms with E-state index in [0.29, 0.717) is 5.56 Å². The lowest BCUT2D eigenvalue weighted by Gasteiger charge is -2.25. The molecule has 2 saturated heterocycles. The second kappa shape index (κ2) is 9.40. The van der Waals surface area contributed by atoms with Gasteiger partial charge in [0.2, 0.25) is 0 Å². The van der Waals surface area contributed by atoms with Crippen molar-refractivity contribution in [2.24, 2.45) is 0 Å². The zero-order valence-corrected chi connectivity index (χ0v) is 18.4. The van der Waals surface area contributed by atoms with Crippen molar-refractivity contribution in [3.8, 4) is 0 Å². The van der Waals surface area contributed by atoms with Crippen molar-refractivity contribution < 1.29 is 29.5 Å². The summed E-state index contributed by atoms with van der Waals surface area (Å²) in [5.74, 6) is 0. The van der Waals surface area contributed by atoms with Crippen molar-refractivity contribution >= 4 is 0 Å². The highest BCUT2D eigenvalue weighted by Crippen LogP contribution is 2.33. The van der Waals surface area contributed by atoms with Crippen molar-refractivity contribution in [3.63, 3.8) is 0 Å². The number of nitrogens with one attached hydrogen (secondary N) is 2. The van der Waals surface area contributed by atoms with Crippen molar-refractivity contribution in [3.05, 3.63) is 65.2 Å². The number of hydrogen-bond donors (Lipinski definition) is 5. The van der Waals surface area contributed by atoms with Crippen molar-refractivity contribution in [1.82, 2.24) is 19.1 Å². The molecular formula is C20H26N4O10. The quantitative estimate of drug-likeness (QED) is 0.283. The van der Waals surface area contributed by atoms with Crippen LogP contribution in [0, 0.1) is 13.8 Å². The zero-order chi connectivity index (χ0) is 24.7. The molecule has 5 N–H and O–H groups in total. The van der Waals surface area contributed by atoms with Gasteiger partial charge in [-0.1, -0.05) is 0 Å². The number of rotatable bonds is 6. The Balaban J connectivity index is 1.52. The average Bonchev–Trinajstić information content (AvgIpc) is 3.30. The van der Waals surface area contributed by atoms with Crippen LogP contribution in [-0.2, 0) is 14.2 Å². The summed E-state index contributed by atoms with van der Waals surface area (Å²) < 4.78 is 19.4. The molecule has 2 aromatic rings. The van der Waals surface area contributed by atoms with Gasteiger partial charge in [0, 0.05) is 29.9 Å². The maximum atomic E-state index is 12.3. The maximum Gasteiger partial charge on any atom is 0.330 e. The highest BCUT2D eigenvalue weighted by atomic mass is 16.6. The SMILES string of the molecule is Cc1cn(C2CC(O)C(COC3C(O)C(CO)OC3n3cc(C)c(=O)[nH]c3=O)O2)c(=O)[nH]c1=O. The Kier molecular flexibility index (Phi) is 6.71. The minimum Gasteiger partial charge on any atom is -0.394 e. The van der Waals surface area contributed by atoms with Crippen LogP contribution in [0.1, 0.15) is 30.0 Å². The summed E-state index contributed by atoms with van der Waals surface area (Å²) in [6, 6.07) is 0. The first kappa shape index (κ1) is 24.3. The van der Waals surface area contributed by atoms with Gasteiger partial charge in [-0.25, -0.2) is 9.59 Å². The van der Waals surface area contributed by atoms with E-state index in [9.17, 15) is 34.5 Å². The molecule has 2 aliphatic heterocycles. The topological polar surface area (TPSA) is 198 Å². The van der Waals surface area contributed by atoms with Gasteiger partial charge in [-0.2, -0.15) is 0 Å². The number of aryl methyl sites for hydroxylation is 2. The molecule has 7 unspecified atom stereocenters. The third-order valence-corrected chi connectivity index (χ3v) is 6.03. The number of H-pyrrole nitrogens is 2. The number of ether oxygens (including phenoxy) is 3. The Labute approximate surface area is 191 Å². The van der Waals surface area contributed by atoms with Crippen molar-refractivity contribution in [1.29, 1.82) is 0 Å². The van der Waals surface area contributed by atoms with Gasteiger partial charge in [-0.3, -0.25) is 28.7 Å². The fourth-order valence-corrected chi connectivity index (χ4v) is 4.09. The number of aliphatic hydroxyl groups excluding tert-OH is 3. The predicted molar refractivity (Wildman–Crippen MR) is 113 cm³/mol. The number of aromatic nitrogens is 4. The van der Waals surface area contributed by atoms with Gasteiger partial charge in [-0.15, -0.1) is 0 Å². The summed E-state index contributed by atoms with van der Waals surface area (Å²) in [7, 11) is 0. The minimum absolute atomic E-state index is 0.0460. The van der Waals surface area contributed by atoms with Crippen LogP contribution in [0.15, 0.2) is 31.6 Å². The molecule has 0 aliphatic carbocycles. The second-order valence-electron chi connectivity index (χ2n) is 8.43. The van der Waals surface area contributed by atoms with Gasteiger partial charge in [0.1, 0.15) is 30.6 Å². The molecule has 2 aromatic heterocycles. The Hall–Kier alpha value is -2.88. The molecule has 34 heavy (non-hydrogen) atoms. The molecule has 0 saturated carbocycles. The molecular weight excluding hydrogens is 456 g/mol. The lowest BCUT2D eigenvalue weighted by atomic mass is 10.1. The monoisotopic (exact) mass is 482 g/mol. The molecule has 2 aliphatic rings. The molecule has 0 radical (unpaired) electrons. The normalized spacial score (nSPS) is 31.3. The highest BCUT2D eigenvalue weighted by Gasteiger charge is 2.47. The van der Waals surface area contributed by atoms with E-state index in [0.717, 1.165) is 4.57 Å². The van der Waals surface area contributed by atoms with E-state index < -0.39 is 72.1 Å². The fourth-order valence-electron chi connectivity index (χ4n) is 4.09. The molecule has 14 nitrogen and oxygen atoms in total. The summed E-state index contributed by atoms with van der Waals surface area (Å²) in [5.41, 5.74) is -2.05. The molecule has 186 valence electrons. The molecule has 4 rings (SSSR count). The minimum atomic E-state index is -1.33. The van der Waals surface area contributed by atoms with Crippen LogP contribution < -0.4 is 22.5 Å². The first-order valence-electron chi connectivity index (χ1n) is 10.6. The molecule has 0 bridgehead atoms. The average molecular weight is 482 g/mol. The largest absolute Gasteiger partial charge is 0.394 e. The van der Waals surface area contributed by atoms with Crippen LogP contribution in [0.3, 0.4) is 0 Å².